The topological polar surface area (TPSA) is 28.7 Å². The minimum absolute atomic E-state index is 0.858. The Bertz CT molecular complexity index is 734. The molecule has 3 rings (SSSR count). The standard InChI is InChI=1S/C13H7Br3N2/c14-7-5-10(16)12-11(6-7)17-13(18-12)8-3-1-2-4-9(8)15/h1-6H,(H,17,18). The van der Waals surface area contributed by atoms with Gasteiger partial charge in [0, 0.05) is 19.0 Å². The number of imidazole rings is 1. The predicted molar refractivity (Wildman–Crippen MR) is 84.6 cm³/mol. The number of nitrogens with zero attached hydrogens (tertiary/aromatic N) is 1. The average molecular weight is 431 g/mol. The Balaban J connectivity index is 2.26. The summed E-state index contributed by atoms with van der Waals surface area (Å²) in [5, 5.41) is 0. The van der Waals surface area contributed by atoms with Crippen LogP contribution in [0.25, 0.3) is 22.4 Å². The molecule has 0 amide bonds. The maximum absolute atomic E-state index is 4.63. The Labute approximate surface area is 129 Å². The van der Waals surface area contributed by atoms with Crippen LogP contribution in [0.2, 0.25) is 0 Å². The van der Waals surface area contributed by atoms with Gasteiger partial charge in [-0.15, -0.1) is 0 Å². The Morgan fingerprint density at radius 1 is 0.944 bits per heavy atom. The van der Waals surface area contributed by atoms with Crippen molar-refractivity contribution in [2.45, 2.75) is 0 Å². The van der Waals surface area contributed by atoms with E-state index in [1.165, 1.54) is 0 Å². The lowest BCUT2D eigenvalue weighted by molar-refractivity contribution is 1.33. The number of benzene rings is 2. The van der Waals surface area contributed by atoms with Gasteiger partial charge in [-0.3, -0.25) is 0 Å². The highest BCUT2D eigenvalue weighted by atomic mass is 79.9. The van der Waals surface area contributed by atoms with E-state index < -0.39 is 0 Å². The second-order valence-electron chi connectivity index (χ2n) is 3.85. The number of aromatic nitrogens is 2. The van der Waals surface area contributed by atoms with Gasteiger partial charge < -0.3 is 4.98 Å². The molecule has 1 N–H and O–H groups in total. The molecule has 3 aromatic rings. The summed E-state index contributed by atoms with van der Waals surface area (Å²) in [5.41, 5.74) is 2.99. The van der Waals surface area contributed by atoms with Crippen LogP contribution >= 0.6 is 47.8 Å². The Morgan fingerprint density at radius 2 is 1.72 bits per heavy atom. The molecule has 0 unspecified atom stereocenters. The van der Waals surface area contributed by atoms with Crippen molar-refractivity contribution in [1.82, 2.24) is 9.97 Å². The molecule has 0 aliphatic rings. The van der Waals surface area contributed by atoms with Crippen molar-refractivity contribution in [1.29, 1.82) is 0 Å². The van der Waals surface area contributed by atoms with Crippen molar-refractivity contribution in [3.8, 4) is 11.4 Å². The molecule has 0 atom stereocenters. The van der Waals surface area contributed by atoms with Crippen molar-refractivity contribution in [2.75, 3.05) is 0 Å². The predicted octanol–water partition coefficient (Wildman–Crippen LogP) is 5.52. The maximum atomic E-state index is 4.63. The van der Waals surface area contributed by atoms with Gasteiger partial charge in [-0.2, -0.15) is 0 Å². The second kappa shape index (κ2) is 4.79. The Kier molecular flexibility index (Phi) is 3.30. The SMILES string of the molecule is Brc1cc(Br)c2nc(-c3ccccc3Br)[nH]c2c1. The van der Waals surface area contributed by atoms with E-state index in [0.717, 1.165) is 35.8 Å². The largest absolute Gasteiger partial charge is 0.338 e. The van der Waals surface area contributed by atoms with Crippen LogP contribution in [0.4, 0.5) is 0 Å². The Morgan fingerprint density at radius 3 is 2.50 bits per heavy atom. The number of hydrogen-bond acceptors (Lipinski definition) is 1. The molecule has 18 heavy (non-hydrogen) atoms. The monoisotopic (exact) mass is 428 g/mol. The molecule has 5 heteroatoms. The van der Waals surface area contributed by atoms with Crippen molar-refractivity contribution in [2.24, 2.45) is 0 Å². The van der Waals surface area contributed by atoms with E-state index in [9.17, 15) is 0 Å². The molecular formula is C13H7Br3N2. The summed E-state index contributed by atoms with van der Waals surface area (Å²) >= 11 is 10.5. The molecular weight excluding hydrogens is 424 g/mol. The second-order valence-corrected chi connectivity index (χ2v) is 6.47. The van der Waals surface area contributed by atoms with E-state index in [2.05, 4.69) is 57.8 Å². The van der Waals surface area contributed by atoms with E-state index in [1.807, 2.05) is 36.4 Å². The van der Waals surface area contributed by atoms with Crippen LogP contribution in [0.15, 0.2) is 49.8 Å². The van der Waals surface area contributed by atoms with Gasteiger partial charge in [0.05, 0.1) is 5.52 Å². The summed E-state index contributed by atoms with van der Waals surface area (Å²) in [6, 6.07) is 12.0. The van der Waals surface area contributed by atoms with Crippen molar-refractivity contribution in [3.05, 3.63) is 49.8 Å². The molecule has 2 nitrogen and oxygen atoms in total. The Hall–Kier alpha value is -0.650. The number of aromatic amines is 1. The first-order valence-corrected chi connectivity index (χ1v) is 7.63. The average Bonchev–Trinajstić information content (AvgIpc) is 2.73. The molecule has 0 bridgehead atoms. The molecule has 2 aromatic carbocycles. The fourth-order valence-electron chi connectivity index (χ4n) is 1.82. The third kappa shape index (κ3) is 2.15. The summed E-state index contributed by atoms with van der Waals surface area (Å²) in [7, 11) is 0. The van der Waals surface area contributed by atoms with Crippen LogP contribution in [0.5, 0.6) is 0 Å². The highest BCUT2D eigenvalue weighted by Gasteiger charge is 2.10. The molecule has 0 aliphatic heterocycles. The number of hydrogen-bond donors (Lipinski definition) is 1. The third-order valence-corrected chi connectivity index (χ3v) is 4.39. The summed E-state index contributed by atoms with van der Waals surface area (Å²) < 4.78 is 3.02. The van der Waals surface area contributed by atoms with Gasteiger partial charge in [0.25, 0.3) is 0 Å². The molecule has 1 aromatic heterocycles. The molecule has 0 saturated heterocycles. The third-order valence-electron chi connectivity index (χ3n) is 2.63. The first kappa shape index (κ1) is 12.4. The van der Waals surface area contributed by atoms with Gasteiger partial charge in [-0.1, -0.05) is 50.1 Å². The summed E-state index contributed by atoms with van der Waals surface area (Å²) in [6.45, 7) is 0. The lowest BCUT2D eigenvalue weighted by Gasteiger charge is -1.98. The molecule has 0 spiro atoms. The number of H-pyrrole nitrogens is 1. The van der Waals surface area contributed by atoms with Gasteiger partial charge in [0.1, 0.15) is 11.3 Å². The number of nitrogens with one attached hydrogen (secondary N) is 1. The quantitative estimate of drug-likeness (QED) is 0.541. The minimum atomic E-state index is 0.858. The fraction of sp³-hybridized carbons (Fsp3) is 0. The van der Waals surface area contributed by atoms with Crippen molar-refractivity contribution >= 4 is 58.8 Å². The normalized spacial score (nSPS) is 11.1. The van der Waals surface area contributed by atoms with E-state index in [0.29, 0.717) is 0 Å². The van der Waals surface area contributed by atoms with Gasteiger partial charge in [0.2, 0.25) is 0 Å². The molecule has 0 fully saturated rings. The van der Waals surface area contributed by atoms with Crippen LogP contribution in [-0.4, -0.2) is 9.97 Å². The summed E-state index contributed by atoms with van der Waals surface area (Å²) in [4.78, 5) is 7.96. The number of rotatable bonds is 1. The van der Waals surface area contributed by atoms with E-state index in [-0.39, 0.29) is 0 Å². The highest BCUT2D eigenvalue weighted by molar-refractivity contribution is 9.11. The zero-order valence-corrected chi connectivity index (χ0v) is 13.8. The first-order chi connectivity index (χ1) is 8.65. The first-order valence-electron chi connectivity index (χ1n) is 5.25. The van der Waals surface area contributed by atoms with E-state index in [4.69, 9.17) is 0 Å². The van der Waals surface area contributed by atoms with Crippen LogP contribution in [0.3, 0.4) is 0 Å². The smallest absolute Gasteiger partial charge is 0.139 e. The van der Waals surface area contributed by atoms with Crippen LogP contribution < -0.4 is 0 Å². The van der Waals surface area contributed by atoms with E-state index >= 15 is 0 Å². The van der Waals surface area contributed by atoms with E-state index in [1.54, 1.807) is 0 Å². The van der Waals surface area contributed by atoms with Crippen LogP contribution in [0, 0.1) is 0 Å². The lowest BCUT2D eigenvalue weighted by atomic mass is 10.2. The van der Waals surface area contributed by atoms with Crippen molar-refractivity contribution < 1.29 is 0 Å². The minimum Gasteiger partial charge on any atom is -0.338 e. The molecule has 90 valence electrons. The van der Waals surface area contributed by atoms with Gasteiger partial charge in [0.15, 0.2) is 0 Å². The lowest BCUT2D eigenvalue weighted by Crippen LogP contribution is -1.81. The van der Waals surface area contributed by atoms with Gasteiger partial charge >= 0.3 is 0 Å². The molecule has 1 heterocycles. The van der Waals surface area contributed by atoms with Crippen molar-refractivity contribution in [3.63, 3.8) is 0 Å². The fourth-order valence-corrected chi connectivity index (χ4v) is 3.61. The van der Waals surface area contributed by atoms with Crippen LogP contribution in [-0.2, 0) is 0 Å². The zero-order valence-electron chi connectivity index (χ0n) is 9.05. The maximum Gasteiger partial charge on any atom is 0.139 e. The number of fused-ring (bicyclic) bond motifs is 1. The van der Waals surface area contributed by atoms with Gasteiger partial charge in [-0.25, -0.2) is 4.98 Å². The van der Waals surface area contributed by atoms with Gasteiger partial charge in [-0.05, 0) is 34.1 Å². The molecule has 0 saturated carbocycles. The molecule has 0 radical (unpaired) electrons. The summed E-state index contributed by atoms with van der Waals surface area (Å²) in [6.07, 6.45) is 0. The number of halogens is 3. The summed E-state index contributed by atoms with van der Waals surface area (Å²) in [5.74, 6) is 0.858. The molecule has 0 aliphatic carbocycles. The highest BCUT2D eigenvalue weighted by Crippen LogP contribution is 2.31. The van der Waals surface area contributed by atoms with Crippen LogP contribution in [0.1, 0.15) is 0 Å². The zero-order chi connectivity index (χ0) is 12.7.